The number of hydrogen-bond acceptors (Lipinski definition) is 2. The van der Waals surface area contributed by atoms with Crippen LogP contribution in [0.25, 0.3) is 0 Å². The fraction of sp³-hybridized carbons (Fsp3) is 0.750. The third kappa shape index (κ3) is 3.28. The molecular weight excluding hydrogens is 204 g/mol. The van der Waals surface area contributed by atoms with E-state index in [0.717, 1.165) is 19.3 Å². The average molecular weight is 226 g/mol. The van der Waals surface area contributed by atoms with Crippen molar-refractivity contribution in [3.63, 3.8) is 0 Å². The SMILES string of the molecule is CC(=O)C1(O[Si](C)(C)C)CCC=C(C)C1. The molecule has 0 amide bonds. The van der Waals surface area contributed by atoms with Gasteiger partial charge in [-0.2, -0.15) is 0 Å². The van der Waals surface area contributed by atoms with Gasteiger partial charge in [-0.3, -0.25) is 4.79 Å². The second-order valence-corrected chi connectivity index (χ2v) is 9.96. The van der Waals surface area contributed by atoms with Crippen molar-refractivity contribution < 1.29 is 9.22 Å². The summed E-state index contributed by atoms with van der Waals surface area (Å²) in [5.41, 5.74) is 0.776. The highest BCUT2D eigenvalue weighted by molar-refractivity contribution is 6.70. The first kappa shape index (κ1) is 12.7. The Hall–Kier alpha value is -0.413. The Morgan fingerprint density at radius 2 is 2.07 bits per heavy atom. The first-order valence-corrected chi connectivity index (χ1v) is 9.03. The fourth-order valence-corrected chi connectivity index (χ4v) is 3.70. The third-order valence-corrected chi connectivity index (χ3v) is 3.75. The molecule has 0 fully saturated rings. The van der Waals surface area contributed by atoms with Crippen molar-refractivity contribution >= 4 is 14.1 Å². The highest BCUT2D eigenvalue weighted by Gasteiger charge is 2.41. The summed E-state index contributed by atoms with van der Waals surface area (Å²) in [4.78, 5) is 11.8. The minimum Gasteiger partial charge on any atom is -0.405 e. The van der Waals surface area contributed by atoms with Crippen molar-refractivity contribution in [1.82, 2.24) is 0 Å². The van der Waals surface area contributed by atoms with Crippen molar-refractivity contribution in [2.75, 3.05) is 0 Å². The van der Waals surface area contributed by atoms with Crippen molar-refractivity contribution in [2.24, 2.45) is 0 Å². The van der Waals surface area contributed by atoms with Crippen LogP contribution in [0.4, 0.5) is 0 Å². The van der Waals surface area contributed by atoms with Crippen molar-refractivity contribution in [1.29, 1.82) is 0 Å². The van der Waals surface area contributed by atoms with E-state index in [9.17, 15) is 4.79 Å². The molecule has 0 aromatic heterocycles. The lowest BCUT2D eigenvalue weighted by atomic mass is 9.82. The fourth-order valence-electron chi connectivity index (χ4n) is 2.21. The summed E-state index contributed by atoms with van der Waals surface area (Å²) < 4.78 is 6.15. The van der Waals surface area contributed by atoms with Crippen LogP contribution < -0.4 is 0 Å². The lowest BCUT2D eigenvalue weighted by Gasteiger charge is -2.39. The molecule has 1 atom stereocenters. The maximum atomic E-state index is 11.8. The summed E-state index contributed by atoms with van der Waals surface area (Å²) >= 11 is 0. The zero-order valence-corrected chi connectivity index (χ0v) is 11.5. The summed E-state index contributed by atoms with van der Waals surface area (Å²) in [5.74, 6) is 0.192. The maximum absolute atomic E-state index is 11.8. The van der Waals surface area contributed by atoms with Crippen molar-refractivity contribution in [3.05, 3.63) is 11.6 Å². The van der Waals surface area contributed by atoms with Gasteiger partial charge < -0.3 is 4.43 Å². The second kappa shape index (κ2) is 4.22. The predicted molar refractivity (Wildman–Crippen MR) is 65.5 cm³/mol. The standard InChI is InChI=1S/C12H22O2Si/c1-10-7-6-8-12(9-10,11(2)13)14-15(3,4)5/h7H,6,8-9H2,1-5H3. The van der Waals surface area contributed by atoms with Crippen LogP contribution in [0.5, 0.6) is 0 Å². The number of ketones is 1. The minimum absolute atomic E-state index is 0.192. The molecule has 86 valence electrons. The van der Waals surface area contributed by atoms with E-state index in [1.165, 1.54) is 5.57 Å². The van der Waals surface area contributed by atoms with E-state index < -0.39 is 13.9 Å². The van der Waals surface area contributed by atoms with Crippen LogP contribution in [0.15, 0.2) is 11.6 Å². The molecule has 0 saturated heterocycles. The van der Waals surface area contributed by atoms with Gasteiger partial charge in [-0.15, -0.1) is 0 Å². The summed E-state index contributed by atoms with van der Waals surface area (Å²) in [5, 5.41) is 0. The van der Waals surface area contributed by atoms with Crippen LogP contribution in [0, 0.1) is 0 Å². The predicted octanol–water partition coefficient (Wildman–Crippen LogP) is 3.30. The molecule has 0 N–H and O–H groups in total. The van der Waals surface area contributed by atoms with Gasteiger partial charge in [0.1, 0.15) is 5.60 Å². The van der Waals surface area contributed by atoms with Crippen LogP contribution in [-0.4, -0.2) is 19.7 Å². The Kier molecular flexibility index (Phi) is 3.56. The van der Waals surface area contributed by atoms with Gasteiger partial charge >= 0.3 is 0 Å². The number of carbonyl (C=O) groups is 1. The maximum Gasteiger partial charge on any atom is 0.185 e. The molecule has 0 aliphatic heterocycles. The number of carbonyl (C=O) groups excluding carboxylic acids is 1. The zero-order chi connectivity index (χ0) is 11.7. The number of hydrogen-bond donors (Lipinski definition) is 0. The molecule has 1 rings (SSSR count). The van der Waals surface area contributed by atoms with E-state index in [0.29, 0.717) is 0 Å². The molecule has 1 aliphatic carbocycles. The molecule has 1 unspecified atom stereocenters. The normalized spacial score (nSPS) is 27.4. The topological polar surface area (TPSA) is 26.3 Å². The molecule has 3 heteroatoms. The third-order valence-electron chi connectivity index (χ3n) is 2.75. The number of rotatable bonds is 3. The lowest BCUT2D eigenvalue weighted by molar-refractivity contribution is -0.134. The van der Waals surface area contributed by atoms with E-state index in [1.807, 2.05) is 0 Å². The minimum atomic E-state index is -1.66. The van der Waals surface area contributed by atoms with E-state index in [-0.39, 0.29) is 5.78 Å². The largest absolute Gasteiger partial charge is 0.405 e. The van der Waals surface area contributed by atoms with Gasteiger partial charge in [0.05, 0.1) is 0 Å². The molecule has 0 aromatic rings. The first-order valence-electron chi connectivity index (χ1n) is 5.62. The Labute approximate surface area is 93.8 Å². The summed E-state index contributed by atoms with van der Waals surface area (Å²) in [6.45, 7) is 10.2. The smallest absolute Gasteiger partial charge is 0.185 e. The molecule has 0 saturated carbocycles. The van der Waals surface area contributed by atoms with Crippen LogP contribution >= 0.6 is 0 Å². The van der Waals surface area contributed by atoms with Gasteiger partial charge in [0.15, 0.2) is 14.1 Å². The molecule has 15 heavy (non-hydrogen) atoms. The Bertz CT molecular complexity index is 288. The first-order chi connectivity index (χ1) is 6.75. The highest BCUT2D eigenvalue weighted by atomic mass is 28.4. The molecule has 0 bridgehead atoms. The second-order valence-electron chi connectivity index (χ2n) is 5.53. The highest BCUT2D eigenvalue weighted by Crippen LogP contribution is 2.34. The Balaban J connectivity index is 2.90. The van der Waals surface area contributed by atoms with Crippen molar-refractivity contribution in [2.45, 2.75) is 58.4 Å². The van der Waals surface area contributed by atoms with Crippen LogP contribution in [-0.2, 0) is 9.22 Å². The van der Waals surface area contributed by atoms with Crippen LogP contribution in [0.3, 0.4) is 0 Å². The molecule has 0 heterocycles. The molecule has 0 spiro atoms. The zero-order valence-electron chi connectivity index (χ0n) is 10.5. The molecule has 1 aliphatic rings. The van der Waals surface area contributed by atoms with Gasteiger partial charge in [-0.25, -0.2) is 0 Å². The van der Waals surface area contributed by atoms with Gasteiger partial charge in [0.2, 0.25) is 0 Å². The molecular formula is C12H22O2Si. The summed E-state index contributed by atoms with van der Waals surface area (Å²) in [6.07, 6.45) is 4.82. The van der Waals surface area contributed by atoms with Crippen LogP contribution in [0.2, 0.25) is 19.6 Å². The number of Topliss-reactive ketones (excluding diaryl/α,β-unsaturated/α-hetero) is 1. The summed E-state index contributed by atoms with van der Waals surface area (Å²) in [7, 11) is -1.66. The van der Waals surface area contributed by atoms with E-state index in [4.69, 9.17) is 4.43 Å². The lowest BCUT2D eigenvalue weighted by Crippen LogP contribution is -2.48. The van der Waals surface area contributed by atoms with Crippen LogP contribution in [0.1, 0.15) is 33.1 Å². The quantitative estimate of drug-likeness (QED) is 0.545. The van der Waals surface area contributed by atoms with E-state index in [2.05, 4.69) is 32.6 Å². The number of allylic oxidation sites excluding steroid dienone is 1. The van der Waals surface area contributed by atoms with Gasteiger partial charge in [-0.1, -0.05) is 11.6 Å². The van der Waals surface area contributed by atoms with Crippen molar-refractivity contribution in [3.8, 4) is 0 Å². The van der Waals surface area contributed by atoms with E-state index >= 15 is 0 Å². The summed E-state index contributed by atoms with van der Waals surface area (Å²) in [6, 6.07) is 0. The molecule has 0 aromatic carbocycles. The average Bonchev–Trinajstić information content (AvgIpc) is 2.00. The molecule has 0 radical (unpaired) electrons. The molecule has 2 nitrogen and oxygen atoms in total. The van der Waals surface area contributed by atoms with E-state index in [1.54, 1.807) is 6.92 Å². The van der Waals surface area contributed by atoms with Gasteiger partial charge in [0.25, 0.3) is 0 Å². The van der Waals surface area contributed by atoms with Gasteiger partial charge in [-0.05, 0) is 46.3 Å². The Morgan fingerprint density at radius 1 is 1.47 bits per heavy atom. The Morgan fingerprint density at radius 3 is 2.47 bits per heavy atom. The monoisotopic (exact) mass is 226 g/mol. The van der Waals surface area contributed by atoms with Gasteiger partial charge in [0, 0.05) is 6.42 Å².